The van der Waals surface area contributed by atoms with Gasteiger partial charge in [-0.3, -0.25) is 0 Å². The maximum absolute atomic E-state index is 5.72. The third-order valence-electron chi connectivity index (χ3n) is 5.16. The number of ether oxygens (including phenoxy) is 1. The van der Waals surface area contributed by atoms with Crippen LogP contribution in [0.3, 0.4) is 0 Å². The van der Waals surface area contributed by atoms with E-state index in [1.165, 1.54) is 25.9 Å². The molecule has 5 heteroatoms. The Morgan fingerprint density at radius 2 is 2.00 bits per heavy atom. The van der Waals surface area contributed by atoms with Crippen molar-refractivity contribution in [2.45, 2.75) is 25.4 Å². The van der Waals surface area contributed by atoms with Crippen molar-refractivity contribution >= 4 is 5.82 Å². The van der Waals surface area contributed by atoms with Crippen molar-refractivity contribution in [3.8, 4) is 0 Å². The molecule has 3 aliphatic rings. The van der Waals surface area contributed by atoms with Gasteiger partial charge in [-0.2, -0.15) is 0 Å². The summed E-state index contributed by atoms with van der Waals surface area (Å²) >= 11 is 0. The lowest BCUT2D eigenvalue weighted by atomic mass is 10.0. The average molecular weight is 288 g/mol. The van der Waals surface area contributed by atoms with E-state index in [1.807, 2.05) is 0 Å². The number of rotatable bonds is 3. The molecule has 5 nitrogen and oxygen atoms in total. The molecule has 4 heterocycles. The summed E-state index contributed by atoms with van der Waals surface area (Å²) in [5, 5.41) is 0. The molecule has 0 bridgehead atoms. The van der Waals surface area contributed by atoms with E-state index in [1.54, 1.807) is 6.33 Å². The van der Waals surface area contributed by atoms with Gasteiger partial charge in [0.05, 0.1) is 6.10 Å². The van der Waals surface area contributed by atoms with Gasteiger partial charge in [0.15, 0.2) is 0 Å². The number of hydrogen-bond acceptors (Lipinski definition) is 5. The van der Waals surface area contributed by atoms with Gasteiger partial charge in [0, 0.05) is 51.0 Å². The quantitative estimate of drug-likeness (QED) is 0.836. The molecule has 1 unspecified atom stereocenters. The second-order valence-electron chi connectivity index (χ2n) is 6.85. The maximum atomic E-state index is 5.72. The highest BCUT2D eigenvalue weighted by molar-refractivity contribution is 5.41. The normalized spacial score (nSPS) is 32.8. The second kappa shape index (κ2) is 5.54. The molecule has 21 heavy (non-hydrogen) atoms. The fourth-order valence-electron chi connectivity index (χ4n) is 4.12. The van der Waals surface area contributed by atoms with Crippen LogP contribution < -0.4 is 4.90 Å². The molecule has 3 fully saturated rings. The number of nitrogens with zero attached hydrogens (tertiary/aromatic N) is 4. The molecule has 4 rings (SSSR count). The van der Waals surface area contributed by atoms with E-state index >= 15 is 0 Å². The predicted octanol–water partition coefficient (Wildman–Crippen LogP) is 1.20. The van der Waals surface area contributed by atoms with E-state index in [-0.39, 0.29) is 0 Å². The van der Waals surface area contributed by atoms with Gasteiger partial charge in [-0.25, -0.2) is 9.97 Å². The minimum atomic E-state index is 0.361. The zero-order valence-corrected chi connectivity index (χ0v) is 12.7. The SMILES string of the molecule is CN1C[C@@H]2CN(c3cc(CC4CCCO4)ncn3)C[C@@H]2C1. The Bertz CT molecular complexity index is 489. The average Bonchev–Trinajstić information content (AvgIpc) is 3.15. The molecule has 0 N–H and O–H groups in total. The summed E-state index contributed by atoms with van der Waals surface area (Å²) in [6.45, 7) is 5.66. The lowest BCUT2D eigenvalue weighted by molar-refractivity contribution is 0.110. The molecular weight excluding hydrogens is 264 g/mol. The molecule has 114 valence electrons. The molecule has 1 aromatic rings. The van der Waals surface area contributed by atoms with Crippen molar-refractivity contribution in [2.24, 2.45) is 11.8 Å². The van der Waals surface area contributed by atoms with Gasteiger partial charge in [0.25, 0.3) is 0 Å². The van der Waals surface area contributed by atoms with Crippen LogP contribution in [0.25, 0.3) is 0 Å². The minimum absolute atomic E-state index is 0.361. The Kier molecular flexibility index (Phi) is 3.55. The van der Waals surface area contributed by atoms with Crippen LogP contribution in [0.1, 0.15) is 18.5 Å². The van der Waals surface area contributed by atoms with Gasteiger partial charge in [0.1, 0.15) is 12.1 Å². The summed E-state index contributed by atoms with van der Waals surface area (Å²) in [5.41, 5.74) is 1.13. The molecule has 0 radical (unpaired) electrons. The van der Waals surface area contributed by atoms with Crippen LogP contribution >= 0.6 is 0 Å². The van der Waals surface area contributed by atoms with Crippen molar-refractivity contribution < 1.29 is 4.74 Å². The van der Waals surface area contributed by atoms with E-state index in [0.717, 1.165) is 49.5 Å². The van der Waals surface area contributed by atoms with Crippen LogP contribution in [0.4, 0.5) is 5.82 Å². The lowest BCUT2D eigenvalue weighted by Crippen LogP contribution is -2.27. The summed E-state index contributed by atoms with van der Waals surface area (Å²) in [4.78, 5) is 13.8. The lowest BCUT2D eigenvalue weighted by Gasteiger charge is -2.20. The largest absolute Gasteiger partial charge is 0.378 e. The first kappa shape index (κ1) is 13.5. The highest BCUT2D eigenvalue weighted by Crippen LogP contribution is 2.32. The van der Waals surface area contributed by atoms with E-state index in [0.29, 0.717) is 6.10 Å². The van der Waals surface area contributed by atoms with Crippen LogP contribution in [0.5, 0.6) is 0 Å². The number of hydrogen-bond donors (Lipinski definition) is 0. The van der Waals surface area contributed by atoms with Gasteiger partial charge in [-0.1, -0.05) is 0 Å². The summed E-state index contributed by atoms with van der Waals surface area (Å²) in [5.74, 6) is 2.73. The first-order valence-electron chi connectivity index (χ1n) is 8.14. The summed E-state index contributed by atoms with van der Waals surface area (Å²) in [6, 6.07) is 2.17. The van der Waals surface area contributed by atoms with E-state index in [2.05, 4.69) is 32.9 Å². The highest BCUT2D eigenvalue weighted by atomic mass is 16.5. The highest BCUT2D eigenvalue weighted by Gasteiger charge is 2.39. The Hall–Kier alpha value is -1.20. The van der Waals surface area contributed by atoms with Crippen LogP contribution in [0, 0.1) is 11.8 Å². The first-order valence-corrected chi connectivity index (χ1v) is 8.14. The molecule has 1 aromatic heterocycles. The standard InChI is InChI=1S/C16H24N4O/c1-19-7-12-9-20(10-13(12)8-19)16-6-14(17-11-18-16)5-15-3-2-4-21-15/h6,11-13,15H,2-5,7-10H2,1H3/t12-,13+,15?. The zero-order valence-electron chi connectivity index (χ0n) is 12.7. The third-order valence-corrected chi connectivity index (χ3v) is 5.16. The van der Waals surface area contributed by atoms with Crippen molar-refractivity contribution in [1.29, 1.82) is 0 Å². The van der Waals surface area contributed by atoms with Crippen molar-refractivity contribution in [3.05, 3.63) is 18.1 Å². The van der Waals surface area contributed by atoms with Gasteiger partial charge in [-0.15, -0.1) is 0 Å². The maximum Gasteiger partial charge on any atom is 0.132 e. The molecule has 0 amide bonds. The van der Waals surface area contributed by atoms with Crippen LogP contribution in [-0.4, -0.2) is 60.8 Å². The number of anilines is 1. The monoisotopic (exact) mass is 288 g/mol. The molecule has 0 aromatic carbocycles. The van der Waals surface area contributed by atoms with E-state index in [4.69, 9.17) is 4.74 Å². The second-order valence-corrected chi connectivity index (χ2v) is 6.85. The Morgan fingerprint density at radius 3 is 2.71 bits per heavy atom. The first-order chi connectivity index (χ1) is 10.3. The molecule has 0 spiro atoms. The Labute approximate surface area is 126 Å². The molecule has 0 saturated carbocycles. The molecule has 3 atom stereocenters. The van der Waals surface area contributed by atoms with Gasteiger partial charge in [0.2, 0.25) is 0 Å². The van der Waals surface area contributed by atoms with Crippen LogP contribution in [-0.2, 0) is 11.2 Å². The molecular formula is C16H24N4O. The molecule has 3 saturated heterocycles. The third kappa shape index (κ3) is 2.77. The molecule has 0 aliphatic carbocycles. The fraction of sp³-hybridized carbons (Fsp3) is 0.750. The van der Waals surface area contributed by atoms with Gasteiger partial charge < -0.3 is 14.5 Å². The van der Waals surface area contributed by atoms with Crippen LogP contribution in [0.2, 0.25) is 0 Å². The van der Waals surface area contributed by atoms with Crippen LogP contribution in [0.15, 0.2) is 12.4 Å². The predicted molar refractivity (Wildman–Crippen MR) is 81.4 cm³/mol. The Balaban J connectivity index is 1.43. The number of likely N-dealkylation sites (tertiary alicyclic amines) is 1. The van der Waals surface area contributed by atoms with E-state index in [9.17, 15) is 0 Å². The summed E-state index contributed by atoms with van der Waals surface area (Å²) in [6.07, 6.45) is 5.36. The number of fused-ring (bicyclic) bond motifs is 1. The molecule has 3 aliphatic heterocycles. The van der Waals surface area contributed by atoms with Gasteiger partial charge >= 0.3 is 0 Å². The summed E-state index contributed by atoms with van der Waals surface area (Å²) in [7, 11) is 2.23. The summed E-state index contributed by atoms with van der Waals surface area (Å²) < 4.78 is 5.72. The topological polar surface area (TPSA) is 41.5 Å². The minimum Gasteiger partial charge on any atom is -0.378 e. The van der Waals surface area contributed by atoms with Gasteiger partial charge in [-0.05, 0) is 31.7 Å². The van der Waals surface area contributed by atoms with Crippen molar-refractivity contribution in [1.82, 2.24) is 14.9 Å². The smallest absolute Gasteiger partial charge is 0.132 e. The van der Waals surface area contributed by atoms with E-state index < -0.39 is 0 Å². The Morgan fingerprint density at radius 1 is 1.19 bits per heavy atom. The number of aromatic nitrogens is 2. The van der Waals surface area contributed by atoms with Crippen molar-refractivity contribution in [3.63, 3.8) is 0 Å². The zero-order chi connectivity index (χ0) is 14.2. The fourth-order valence-corrected chi connectivity index (χ4v) is 4.12. The van der Waals surface area contributed by atoms with Crippen molar-refractivity contribution in [2.75, 3.05) is 44.7 Å².